The first kappa shape index (κ1) is 23.1. The van der Waals surface area contributed by atoms with Crippen molar-refractivity contribution >= 4 is 0 Å². The molecule has 180 valence electrons. The summed E-state index contributed by atoms with van der Waals surface area (Å²) in [5.41, 5.74) is 1.30. The van der Waals surface area contributed by atoms with Crippen molar-refractivity contribution in [3.63, 3.8) is 0 Å². The van der Waals surface area contributed by atoms with Gasteiger partial charge >= 0.3 is 0 Å². The number of aliphatic hydroxyl groups excluding tert-OH is 1. The van der Waals surface area contributed by atoms with E-state index in [-0.39, 0.29) is 17.1 Å². The van der Waals surface area contributed by atoms with Crippen LogP contribution in [0.3, 0.4) is 0 Å². The van der Waals surface area contributed by atoms with Crippen molar-refractivity contribution < 1.29 is 14.9 Å². The van der Waals surface area contributed by atoms with Crippen molar-refractivity contribution in [3.8, 4) is 0 Å². The fraction of sp³-hybridized carbons (Fsp3) is 0.862. The van der Waals surface area contributed by atoms with Gasteiger partial charge in [0.05, 0.1) is 6.10 Å². The second-order valence-electron chi connectivity index (χ2n) is 12.9. The van der Waals surface area contributed by atoms with Gasteiger partial charge in [-0.2, -0.15) is 0 Å². The maximum absolute atomic E-state index is 10.4. The van der Waals surface area contributed by atoms with Gasteiger partial charge in [0.25, 0.3) is 0 Å². The first-order valence-corrected chi connectivity index (χ1v) is 13.5. The molecule has 32 heavy (non-hydrogen) atoms. The van der Waals surface area contributed by atoms with Crippen molar-refractivity contribution in [1.82, 2.24) is 0 Å². The highest BCUT2D eigenvalue weighted by Crippen LogP contribution is 2.72. The van der Waals surface area contributed by atoms with Gasteiger partial charge in [-0.1, -0.05) is 52.3 Å². The average Bonchev–Trinajstić information content (AvgIpc) is 3.12. The zero-order valence-electron chi connectivity index (χ0n) is 21.3. The molecule has 2 heterocycles. The van der Waals surface area contributed by atoms with Crippen LogP contribution in [0.5, 0.6) is 0 Å². The van der Waals surface area contributed by atoms with Crippen molar-refractivity contribution in [2.24, 2.45) is 40.4 Å². The molecule has 2 bridgehead atoms. The zero-order chi connectivity index (χ0) is 22.9. The molecule has 6 rings (SSSR count). The Bertz CT molecular complexity index is 800. The molecule has 0 amide bonds. The summed E-state index contributed by atoms with van der Waals surface area (Å²) >= 11 is 0. The van der Waals surface area contributed by atoms with Crippen LogP contribution in [0, 0.1) is 40.4 Å². The SMILES string of the molecule is C/C=C(\CC[C@@H](C)C1CCC2[C@]1(C)CCC1[C@]23C=C[C@]2(CC(O)CC[C@]12C)OO3)C(C)C. The van der Waals surface area contributed by atoms with E-state index in [0.717, 1.165) is 24.7 Å². The number of aliphatic hydroxyl groups is 1. The van der Waals surface area contributed by atoms with Gasteiger partial charge in [-0.05, 0) is 87.5 Å². The Morgan fingerprint density at radius 2 is 1.81 bits per heavy atom. The average molecular weight is 443 g/mol. The monoisotopic (exact) mass is 442 g/mol. The Hall–Kier alpha value is -0.640. The predicted molar refractivity (Wildman–Crippen MR) is 129 cm³/mol. The van der Waals surface area contributed by atoms with Crippen molar-refractivity contribution in [3.05, 3.63) is 23.8 Å². The van der Waals surface area contributed by atoms with Crippen LogP contribution < -0.4 is 0 Å². The van der Waals surface area contributed by atoms with Crippen LogP contribution in [0.2, 0.25) is 0 Å². The van der Waals surface area contributed by atoms with E-state index in [0.29, 0.717) is 29.6 Å². The Morgan fingerprint density at radius 1 is 1.03 bits per heavy atom. The molecule has 0 aromatic carbocycles. The third-order valence-corrected chi connectivity index (χ3v) is 11.4. The molecule has 3 saturated carbocycles. The molecule has 4 unspecified atom stereocenters. The lowest BCUT2D eigenvalue weighted by atomic mass is 9.42. The lowest BCUT2D eigenvalue weighted by Crippen LogP contribution is -2.73. The summed E-state index contributed by atoms with van der Waals surface area (Å²) in [5, 5.41) is 10.4. The third kappa shape index (κ3) is 2.96. The zero-order valence-corrected chi connectivity index (χ0v) is 21.3. The van der Waals surface area contributed by atoms with Gasteiger partial charge in [0.15, 0.2) is 0 Å². The van der Waals surface area contributed by atoms with Crippen LogP contribution in [-0.4, -0.2) is 22.4 Å². The van der Waals surface area contributed by atoms with E-state index in [1.807, 2.05) is 0 Å². The van der Waals surface area contributed by atoms with Gasteiger partial charge in [0, 0.05) is 23.7 Å². The third-order valence-electron chi connectivity index (χ3n) is 11.4. The molecular formula is C29H46O3. The van der Waals surface area contributed by atoms with E-state index in [2.05, 4.69) is 59.8 Å². The van der Waals surface area contributed by atoms with Crippen LogP contribution in [-0.2, 0) is 9.78 Å². The summed E-state index contributed by atoms with van der Waals surface area (Å²) in [6.07, 6.45) is 17.1. The summed E-state index contributed by atoms with van der Waals surface area (Å²) in [5.74, 6) is 3.20. The molecule has 4 aliphatic carbocycles. The van der Waals surface area contributed by atoms with Crippen LogP contribution in [0.4, 0.5) is 0 Å². The number of hydrogen-bond acceptors (Lipinski definition) is 3. The lowest BCUT2D eigenvalue weighted by Gasteiger charge is -2.69. The van der Waals surface area contributed by atoms with E-state index in [9.17, 15) is 5.11 Å². The highest BCUT2D eigenvalue weighted by atomic mass is 17.2. The topological polar surface area (TPSA) is 38.7 Å². The number of allylic oxidation sites excluding steroid dienone is 2. The quantitative estimate of drug-likeness (QED) is 0.368. The first-order chi connectivity index (χ1) is 15.1. The fourth-order valence-corrected chi connectivity index (χ4v) is 9.44. The Balaban J connectivity index is 1.41. The smallest absolute Gasteiger partial charge is 0.130 e. The molecule has 0 radical (unpaired) electrons. The largest absolute Gasteiger partial charge is 0.393 e. The minimum absolute atomic E-state index is 0.0718. The van der Waals surface area contributed by atoms with Gasteiger partial charge in [-0.3, -0.25) is 0 Å². The Morgan fingerprint density at radius 3 is 2.47 bits per heavy atom. The minimum Gasteiger partial charge on any atom is -0.393 e. The fourth-order valence-electron chi connectivity index (χ4n) is 9.44. The standard InChI is InChI=1S/C29H46O3/c1-7-21(19(2)3)9-8-20(4)23-10-11-24-26(23,5)14-13-25-27(6)15-12-22(30)18-28(27)16-17-29(24,25)32-31-28/h7,16-17,19-20,22-25,30H,8-15,18H2,1-6H3/b21-7+/t20-,22?,23?,24?,25?,26-,27-,28-,29+/m1/s1. The Labute approximate surface area is 195 Å². The highest BCUT2D eigenvalue weighted by molar-refractivity contribution is 5.33. The molecule has 3 nitrogen and oxygen atoms in total. The van der Waals surface area contributed by atoms with E-state index >= 15 is 0 Å². The maximum atomic E-state index is 10.4. The van der Waals surface area contributed by atoms with Crippen LogP contribution in [0.1, 0.15) is 99.3 Å². The molecule has 9 atom stereocenters. The molecule has 1 N–H and O–H groups in total. The molecule has 2 spiro atoms. The highest BCUT2D eigenvalue weighted by Gasteiger charge is 2.74. The van der Waals surface area contributed by atoms with Gasteiger partial charge in [0.1, 0.15) is 11.2 Å². The van der Waals surface area contributed by atoms with Gasteiger partial charge in [-0.25, -0.2) is 9.78 Å². The molecular weight excluding hydrogens is 396 g/mol. The van der Waals surface area contributed by atoms with E-state index in [1.165, 1.54) is 38.5 Å². The second-order valence-corrected chi connectivity index (χ2v) is 12.9. The summed E-state index contributed by atoms with van der Waals surface area (Å²) in [4.78, 5) is 12.8. The minimum atomic E-state index is -0.435. The van der Waals surface area contributed by atoms with Gasteiger partial charge < -0.3 is 5.11 Å². The Kier molecular flexibility index (Phi) is 5.55. The van der Waals surface area contributed by atoms with Crippen molar-refractivity contribution in [2.75, 3.05) is 0 Å². The summed E-state index contributed by atoms with van der Waals surface area (Å²) < 4.78 is 0. The summed E-state index contributed by atoms with van der Waals surface area (Å²) in [6.45, 7) is 14.4. The summed E-state index contributed by atoms with van der Waals surface area (Å²) in [7, 11) is 0. The molecule has 6 aliphatic rings. The lowest BCUT2D eigenvalue weighted by molar-refractivity contribution is -0.497. The van der Waals surface area contributed by atoms with E-state index in [1.54, 1.807) is 5.57 Å². The molecule has 1 saturated heterocycles. The molecule has 0 aromatic rings. The van der Waals surface area contributed by atoms with Crippen molar-refractivity contribution in [2.45, 2.75) is 117 Å². The first-order valence-electron chi connectivity index (χ1n) is 13.5. The number of rotatable bonds is 5. The summed E-state index contributed by atoms with van der Waals surface area (Å²) in [6, 6.07) is 0. The molecule has 3 heteroatoms. The van der Waals surface area contributed by atoms with Gasteiger partial charge in [0.2, 0.25) is 0 Å². The molecule has 0 aromatic heterocycles. The number of fused-ring (bicyclic) bond motifs is 2. The molecule has 2 aliphatic heterocycles. The number of hydrogen-bond donors (Lipinski definition) is 1. The van der Waals surface area contributed by atoms with Gasteiger partial charge in [-0.15, -0.1) is 0 Å². The predicted octanol–water partition coefficient (Wildman–Crippen LogP) is 7.01. The second kappa shape index (κ2) is 7.68. The van der Waals surface area contributed by atoms with Crippen LogP contribution in [0.15, 0.2) is 23.8 Å². The maximum Gasteiger partial charge on any atom is 0.130 e. The van der Waals surface area contributed by atoms with E-state index < -0.39 is 5.60 Å². The molecule has 4 fully saturated rings. The van der Waals surface area contributed by atoms with Crippen molar-refractivity contribution in [1.29, 1.82) is 0 Å². The normalized spacial score (nSPS) is 50.8. The van der Waals surface area contributed by atoms with E-state index in [4.69, 9.17) is 9.78 Å². The van der Waals surface area contributed by atoms with Crippen LogP contribution in [0.25, 0.3) is 0 Å². The van der Waals surface area contributed by atoms with Crippen LogP contribution >= 0.6 is 0 Å².